The fraction of sp³-hybridized carbons (Fsp3) is 0.462. The van der Waals surface area contributed by atoms with Crippen molar-refractivity contribution in [1.82, 2.24) is 5.32 Å². The number of nitrogens with one attached hydrogen (secondary N) is 1. The highest BCUT2D eigenvalue weighted by Crippen LogP contribution is 2.16. The molecule has 2 N–H and O–H groups in total. The average molecular weight is 300 g/mol. The molecule has 0 aliphatic rings. The molecule has 0 saturated carbocycles. The number of carbonyl (C=O) groups excluding carboxylic acids is 1. The van der Waals surface area contributed by atoms with Crippen molar-refractivity contribution in [2.45, 2.75) is 32.3 Å². The first-order valence-corrected chi connectivity index (χ1v) is 6.61. The molecule has 0 spiro atoms. The lowest BCUT2D eigenvalue weighted by Gasteiger charge is -2.11. The first-order chi connectivity index (χ1) is 8.13. The van der Waals surface area contributed by atoms with Gasteiger partial charge in [-0.05, 0) is 18.1 Å². The van der Waals surface area contributed by atoms with Gasteiger partial charge in [0.1, 0.15) is 0 Å². The van der Waals surface area contributed by atoms with Crippen molar-refractivity contribution in [3.8, 4) is 0 Å². The number of rotatable bonds is 6. The van der Waals surface area contributed by atoms with Gasteiger partial charge in [0.15, 0.2) is 0 Å². The summed E-state index contributed by atoms with van der Waals surface area (Å²) in [7, 11) is 0. The van der Waals surface area contributed by atoms with E-state index in [9.17, 15) is 9.90 Å². The predicted octanol–water partition coefficient (Wildman–Crippen LogP) is 2.27. The Morgan fingerprint density at radius 3 is 2.82 bits per heavy atom. The molecule has 1 unspecified atom stereocenters. The van der Waals surface area contributed by atoms with Crippen LogP contribution in [0.4, 0.5) is 0 Å². The minimum absolute atomic E-state index is 0.0629. The zero-order valence-corrected chi connectivity index (χ0v) is 11.5. The second-order valence-electron chi connectivity index (χ2n) is 4.01. The Balaban J connectivity index is 2.37. The summed E-state index contributed by atoms with van der Waals surface area (Å²) in [4.78, 5) is 11.6. The van der Waals surface area contributed by atoms with Gasteiger partial charge in [-0.15, -0.1) is 0 Å². The van der Waals surface area contributed by atoms with Crippen molar-refractivity contribution in [3.63, 3.8) is 0 Å². The summed E-state index contributed by atoms with van der Waals surface area (Å²) in [5.74, 6) is -0.0629. The van der Waals surface area contributed by atoms with Crippen molar-refractivity contribution in [2.75, 3.05) is 6.54 Å². The monoisotopic (exact) mass is 299 g/mol. The molecule has 0 bridgehead atoms. The van der Waals surface area contributed by atoms with Gasteiger partial charge >= 0.3 is 0 Å². The van der Waals surface area contributed by atoms with E-state index in [1.165, 1.54) is 0 Å². The Bertz CT molecular complexity index is 368. The highest BCUT2D eigenvalue weighted by molar-refractivity contribution is 9.10. The van der Waals surface area contributed by atoms with Crippen LogP contribution in [0, 0.1) is 0 Å². The van der Waals surface area contributed by atoms with Crippen molar-refractivity contribution in [2.24, 2.45) is 0 Å². The standard InChI is InChI=1S/C13H18BrNO2/c1-2-5-11(16)9-15-13(17)8-10-6-3-4-7-12(10)14/h3-4,6-7,11,16H,2,5,8-9H2,1H3,(H,15,17). The molecule has 0 aliphatic carbocycles. The smallest absolute Gasteiger partial charge is 0.224 e. The number of hydrogen-bond donors (Lipinski definition) is 2. The number of carbonyl (C=O) groups is 1. The van der Waals surface area contributed by atoms with Gasteiger partial charge in [-0.2, -0.15) is 0 Å². The maximum Gasteiger partial charge on any atom is 0.224 e. The normalized spacial score (nSPS) is 12.2. The fourth-order valence-corrected chi connectivity index (χ4v) is 1.97. The van der Waals surface area contributed by atoms with Crippen LogP contribution in [0.2, 0.25) is 0 Å². The Labute approximate surface area is 110 Å². The molecule has 1 atom stereocenters. The van der Waals surface area contributed by atoms with E-state index in [2.05, 4.69) is 21.2 Å². The van der Waals surface area contributed by atoms with E-state index in [0.29, 0.717) is 13.0 Å². The van der Waals surface area contributed by atoms with E-state index >= 15 is 0 Å². The Morgan fingerprint density at radius 1 is 1.47 bits per heavy atom. The summed E-state index contributed by atoms with van der Waals surface area (Å²) in [6.07, 6.45) is 1.53. The maximum absolute atomic E-state index is 11.6. The second-order valence-corrected chi connectivity index (χ2v) is 4.87. The van der Waals surface area contributed by atoms with Crippen LogP contribution >= 0.6 is 15.9 Å². The molecule has 0 aromatic heterocycles. The number of aliphatic hydroxyl groups is 1. The van der Waals surface area contributed by atoms with Gasteiger partial charge in [0, 0.05) is 11.0 Å². The molecule has 94 valence electrons. The predicted molar refractivity (Wildman–Crippen MR) is 71.8 cm³/mol. The summed E-state index contributed by atoms with van der Waals surface area (Å²) >= 11 is 3.40. The van der Waals surface area contributed by atoms with Gasteiger partial charge in [0.2, 0.25) is 5.91 Å². The van der Waals surface area contributed by atoms with Crippen molar-refractivity contribution in [3.05, 3.63) is 34.3 Å². The van der Waals surface area contributed by atoms with E-state index < -0.39 is 6.10 Å². The molecule has 0 heterocycles. The average Bonchev–Trinajstić information content (AvgIpc) is 2.30. The van der Waals surface area contributed by atoms with Gasteiger partial charge < -0.3 is 10.4 Å². The fourth-order valence-electron chi connectivity index (χ4n) is 1.54. The van der Waals surface area contributed by atoms with Crippen LogP contribution < -0.4 is 5.32 Å². The van der Waals surface area contributed by atoms with Crippen molar-refractivity contribution in [1.29, 1.82) is 0 Å². The Morgan fingerprint density at radius 2 is 2.18 bits per heavy atom. The van der Waals surface area contributed by atoms with Crippen LogP contribution in [0.1, 0.15) is 25.3 Å². The summed E-state index contributed by atoms with van der Waals surface area (Å²) in [5.41, 5.74) is 0.954. The van der Waals surface area contributed by atoms with Crippen LogP contribution in [0.25, 0.3) is 0 Å². The minimum atomic E-state index is -0.442. The van der Waals surface area contributed by atoms with Gasteiger partial charge in [0.25, 0.3) is 0 Å². The molecule has 0 saturated heterocycles. The Kier molecular flexibility index (Phi) is 6.22. The molecule has 1 aromatic rings. The molecule has 1 amide bonds. The first kappa shape index (κ1) is 14.2. The molecule has 1 aromatic carbocycles. The molecular weight excluding hydrogens is 282 g/mol. The highest BCUT2D eigenvalue weighted by atomic mass is 79.9. The first-order valence-electron chi connectivity index (χ1n) is 5.81. The quantitative estimate of drug-likeness (QED) is 0.846. The molecule has 17 heavy (non-hydrogen) atoms. The number of aliphatic hydroxyl groups excluding tert-OH is 1. The summed E-state index contributed by atoms with van der Waals surface area (Å²) in [6.45, 7) is 2.34. The van der Waals surface area contributed by atoms with E-state index in [-0.39, 0.29) is 5.91 Å². The van der Waals surface area contributed by atoms with Gasteiger partial charge in [-0.3, -0.25) is 4.79 Å². The van der Waals surface area contributed by atoms with Crippen molar-refractivity contribution < 1.29 is 9.90 Å². The molecule has 1 rings (SSSR count). The van der Waals surface area contributed by atoms with Gasteiger partial charge in [-0.25, -0.2) is 0 Å². The number of benzene rings is 1. The molecular formula is C13H18BrNO2. The minimum Gasteiger partial charge on any atom is -0.391 e. The highest BCUT2D eigenvalue weighted by Gasteiger charge is 2.08. The second kappa shape index (κ2) is 7.45. The third-order valence-electron chi connectivity index (χ3n) is 2.47. The topological polar surface area (TPSA) is 49.3 Å². The van der Waals surface area contributed by atoms with E-state index in [1.807, 2.05) is 31.2 Å². The number of amides is 1. The van der Waals surface area contributed by atoms with Crippen LogP contribution in [-0.4, -0.2) is 23.7 Å². The van der Waals surface area contributed by atoms with Gasteiger partial charge in [0.05, 0.1) is 12.5 Å². The molecule has 0 fully saturated rings. The zero-order valence-electron chi connectivity index (χ0n) is 9.95. The number of hydrogen-bond acceptors (Lipinski definition) is 2. The van der Waals surface area contributed by atoms with Crippen LogP contribution in [0.15, 0.2) is 28.7 Å². The molecule has 4 heteroatoms. The number of halogens is 1. The SMILES string of the molecule is CCCC(O)CNC(=O)Cc1ccccc1Br. The molecule has 3 nitrogen and oxygen atoms in total. The van der Waals surface area contributed by atoms with E-state index in [1.54, 1.807) is 0 Å². The largest absolute Gasteiger partial charge is 0.391 e. The maximum atomic E-state index is 11.6. The summed E-state index contributed by atoms with van der Waals surface area (Å²) in [6, 6.07) is 7.64. The third-order valence-corrected chi connectivity index (χ3v) is 3.24. The van der Waals surface area contributed by atoms with E-state index in [4.69, 9.17) is 0 Å². The lowest BCUT2D eigenvalue weighted by Crippen LogP contribution is -2.33. The Hall–Kier alpha value is -0.870. The lowest BCUT2D eigenvalue weighted by atomic mass is 10.1. The third kappa shape index (κ3) is 5.33. The zero-order chi connectivity index (χ0) is 12.7. The lowest BCUT2D eigenvalue weighted by molar-refractivity contribution is -0.120. The van der Waals surface area contributed by atoms with E-state index in [0.717, 1.165) is 22.9 Å². The molecule has 0 aliphatic heterocycles. The van der Waals surface area contributed by atoms with Crippen LogP contribution in [0.3, 0.4) is 0 Å². The van der Waals surface area contributed by atoms with Crippen LogP contribution in [-0.2, 0) is 11.2 Å². The van der Waals surface area contributed by atoms with Crippen molar-refractivity contribution >= 4 is 21.8 Å². The summed E-state index contributed by atoms with van der Waals surface area (Å²) in [5, 5.41) is 12.2. The molecule has 0 radical (unpaired) electrons. The van der Waals surface area contributed by atoms with Gasteiger partial charge in [-0.1, -0.05) is 47.5 Å². The summed E-state index contributed by atoms with van der Waals surface area (Å²) < 4.78 is 0.934. The van der Waals surface area contributed by atoms with Crippen LogP contribution in [0.5, 0.6) is 0 Å².